The second kappa shape index (κ2) is 4.67. The molecule has 0 unspecified atom stereocenters. The number of rotatable bonds is 2. The van der Waals surface area contributed by atoms with E-state index in [1.807, 2.05) is 49.4 Å². The molecule has 0 aliphatic heterocycles. The molecule has 0 saturated carbocycles. The Bertz CT molecular complexity index is 498. The van der Waals surface area contributed by atoms with Gasteiger partial charge in [-0.3, -0.25) is 0 Å². The van der Waals surface area contributed by atoms with E-state index < -0.39 is 0 Å². The zero-order valence-corrected chi connectivity index (χ0v) is 9.22. The summed E-state index contributed by atoms with van der Waals surface area (Å²) in [6.45, 7) is 1.92. The second-order valence-electron chi connectivity index (χ2n) is 3.74. The van der Waals surface area contributed by atoms with Gasteiger partial charge in [0.25, 0.3) is 0 Å². The molecule has 0 saturated heterocycles. The van der Waals surface area contributed by atoms with Crippen LogP contribution >= 0.6 is 0 Å². The van der Waals surface area contributed by atoms with Crippen molar-refractivity contribution < 1.29 is 5.11 Å². The predicted octanol–water partition coefficient (Wildman–Crippen LogP) is 3.87. The molecular formula is C15H14O. The lowest BCUT2D eigenvalue weighted by atomic mass is 10.1. The summed E-state index contributed by atoms with van der Waals surface area (Å²) in [6, 6.07) is 15.7. The Balaban J connectivity index is 2.28. The molecule has 0 atom stereocenters. The molecule has 0 heterocycles. The summed E-state index contributed by atoms with van der Waals surface area (Å²) < 4.78 is 0. The number of phenolic OH excluding ortho intramolecular Hbond substituents is 1. The molecule has 1 nitrogen and oxygen atoms in total. The van der Waals surface area contributed by atoms with Gasteiger partial charge in [0.2, 0.25) is 0 Å². The van der Waals surface area contributed by atoms with E-state index in [0.29, 0.717) is 5.75 Å². The first-order valence-corrected chi connectivity index (χ1v) is 5.29. The zero-order chi connectivity index (χ0) is 11.4. The molecule has 0 fully saturated rings. The van der Waals surface area contributed by atoms with Crippen molar-refractivity contribution in [1.82, 2.24) is 0 Å². The van der Waals surface area contributed by atoms with Crippen molar-refractivity contribution in [3.8, 4) is 5.75 Å². The lowest BCUT2D eigenvalue weighted by molar-refractivity contribution is 0.471. The molecule has 0 aliphatic rings. The molecule has 0 bridgehead atoms. The topological polar surface area (TPSA) is 20.2 Å². The molecule has 1 N–H and O–H groups in total. The Labute approximate surface area is 95.7 Å². The Morgan fingerprint density at radius 1 is 0.875 bits per heavy atom. The summed E-state index contributed by atoms with van der Waals surface area (Å²) in [5.74, 6) is 0.343. The maximum absolute atomic E-state index is 9.56. The summed E-state index contributed by atoms with van der Waals surface area (Å²) in [7, 11) is 0. The van der Waals surface area contributed by atoms with Crippen LogP contribution in [-0.2, 0) is 0 Å². The van der Waals surface area contributed by atoms with E-state index in [2.05, 4.69) is 12.1 Å². The van der Waals surface area contributed by atoms with Gasteiger partial charge in [0.15, 0.2) is 0 Å². The number of phenols is 1. The average Bonchev–Trinajstić information content (AvgIpc) is 2.32. The predicted molar refractivity (Wildman–Crippen MR) is 68.2 cm³/mol. The summed E-state index contributed by atoms with van der Waals surface area (Å²) >= 11 is 0. The van der Waals surface area contributed by atoms with E-state index in [4.69, 9.17) is 0 Å². The van der Waals surface area contributed by atoms with E-state index in [-0.39, 0.29) is 0 Å². The van der Waals surface area contributed by atoms with Crippen LogP contribution in [0.4, 0.5) is 0 Å². The Hall–Kier alpha value is -2.02. The molecule has 0 aromatic heterocycles. The highest BCUT2D eigenvalue weighted by Gasteiger charge is 1.98. The number of aromatic hydroxyl groups is 1. The Morgan fingerprint density at radius 2 is 1.62 bits per heavy atom. The van der Waals surface area contributed by atoms with Gasteiger partial charge in [0.1, 0.15) is 5.75 Å². The Kier molecular flexibility index (Phi) is 3.06. The third kappa shape index (κ3) is 2.31. The maximum Gasteiger partial charge on any atom is 0.119 e. The normalized spacial score (nSPS) is 10.8. The third-order valence-corrected chi connectivity index (χ3v) is 2.60. The maximum atomic E-state index is 9.56. The van der Waals surface area contributed by atoms with Gasteiger partial charge in [-0.2, -0.15) is 0 Å². The van der Waals surface area contributed by atoms with Crippen molar-refractivity contribution in [3.05, 3.63) is 65.2 Å². The highest BCUT2D eigenvalue weighted by molar-refractivity contribution is 5.72. The van der Waals surface area contributed by atoms with Crippen LogP contribution in [0.25, 0.3) is 12.2 Å². The highest BCUT2D eigenvalue weighted by atomic mass is 16.3. The number of hydrogen-bond acceptors (Lipinski definition) is 1. The van der Waals surface area contributed by atoms with Crippen molar-refractivity contribution in [1.29, 1.82) is 0 Å². The van der Waals surface area contributed by atoms with E-state index in [1.54, 1.807) is 6.07 Å². The lowest BCUT2D eigenvalue weighted by Gasteiger charge is -2.02. The van der Waals surface area contributed by atoms with E-state index in [0.717, 1.165) is 16.7 Å². The van der Waals surface area contributed by atoms with Gasteiger partial charge in [0, 0.05) is 0 Å². The quantitative estimate of drug-likeness (QED) is 0.746. The molecule has 0 radical (unpaired) electrons. The van der Waals surface area contributed by atoms with Crippen molar-refractivity contribution in [3.63, 3.8) is 0 Å². The monoisotopic (exact) mass is 210 g/mol. The van der Waals surface area contributed by atoms with Gasteiger partial charge >= 0.3 is 0 Å². The fourth-order valence-corrected chi connectivity index (χ4v) is 1.57. The molecule has 2 aromatic carbocycles. The molecule has 0 aliphatic carbocycles. The van der Waals surface area contributed by atoms with Crippen LogP contribution in [0.1, 0.15) is 16.7 Å². The molecule has 16 heavy (non-hydrogen) atoms. The fraction of sp³-hybridized carbons (Fsp3) is 0.0667. The minimum Gasteiger partial charge on any atom is -0.508 e. The van der Waals surface area contributed by atoms with Crippen molar-refractivity contribution in [2.75, 3.05) is 0 Å². The van der Waals surface area contributed by atoms with E-state index in [1.165, 1.54) is 0 Å². The molecule has 0 amide bonds. The smallest absolute Gasteiger partial charge is 0.119 e. The summed E-state index contributed by atoms with van der Waals surface area (Å²) in [4.78, 5) is 0. The molecule has 2 rings (SSSR count). The van der Waals surface area contributed by atoms with Crippen LogP contribution in [0.2, 0.25) is 0 Å². The van der Waals surface area contributed by atoms with Crippen LogP contribution in [-0.4, -0.2) is 5.11 Å². The molecule has 0 spiro atoms. The first-order chi connectivity index (χ1) is 7.77. The third-order valence-electron chi connectivity index (χ3n) is 2.60. The van der Waals surface area contributed by atoms with Crippen molar-refractivity contribution in [2.24, 2.45) is 0 Å². The summed E-state index contributed by atoms with van der Waals surface area (Å²) in [6.07, 6.45) is 4.06. The average molecular weight is 210 g/mol. The number of hydrogen-bond donors (Lipinski definition) is 1. The van der Waals surface area contributed by atoms with Gasteiger partial charge in [-0.05, 0) is 29.7 Å². The molecule has 2 aromatic rings. The second-order valence-corrected chi connectivity index (χ2v) is 3.74. The van der Waals surface area contributed by atoms with Crippen LogP contribution in [0.3, 0.4) is 0 Å². The first kappa shape index (κ1) is 10.5. The standard InChI is InChI=1S/C15H14O/c1-12-14(8-5-9-15(12)16)11-10-13-6-3-2-4-7-13/h2-11,16H,1H3/b11-10+. The first-order valence-electron chi connectivity index (χ1n) is 5.29. The Morgan fingerprint density at radius 3 is 2.38 bits per heavy atom. The lowest BCUT2D eigenvalue weighted by Crippen LogP contribution is -1.80. The number of benzene rings is 2. The van der Waals surface area contributed by atoms with E-state index in [9.17, 15) is 5.11 Å². The van der Waals surface area contributed by atoms with Gasteiger partial charge in [-0.1, -0.05) is 54.6 Å². The minimum absolute atomic E-state index is 0.343. The van der Waals surface area contributed by atoms with Crippen molar-refractivity contribution in [2.45, 2.75) is 6.92 Å². The van der Waals surface area contributed by atoms with Gasteiger partial charge in [-0.15, -0.1) is 0 Å². The SMILES string of the molecule is Cc1c(O)cccc1/C=C/c1ccccc1. The van der Waals surface area contributed by atoms with Gasteiger partial charge in [-0.25, -0.2) is 0 Å². The van der Waals surface area contributed by atoms with E-state index >= 15 is 0 Å². The largest absolute Gasteiger partial charge is 0.508 e. The zero-order valence-electron chi connectivity index (χ0n) is 9.22. The summed E-state index contributed by atoms with van der Waals surface area (Å²) in [5, 5.41) is 9.56. The van der Waals surface area contributed by atoms with Crippen molar-refractivity contribution >= 4 is 12.2 Å². The van der Waals surface area contributed by atoms with Crippen LogP contribution in [0.5, 0.6) is 5.75 Å². The minimum atomic E-state index is 0.343. The van der Waals surface area contributed by atoms with Crippen LogP contribution in [0, 0.1) is 6.92 Å². The van der Waals surface area contributed by atoms with Gasteiger partial charge in [0.05, 0.1) is 0 Å². The summed E-state index contributed by atoms with van der Waals surface area (Å²) in [5.41, 5.74) is 3.11. The van der Waals surface area contributed by atoms with Crippen LogP contribution < -0.4 is 0 Å². The van der Waals surface area contributed by atoms with Crippen LogP contribution in [0.15, 0.2) is 48.5 Å². The molecule has 1 heteroatoms. The molecular weight excluding hydrogens is 196 g/mol. The fourth-order valence-electron chi connectivity index (χ4n) is 1.57. The molecule has 80 valence electrons. The van der Waals surface area contributed by atoms with Gasteiger partial charge < -0.3 is 5.11 Å². The highest BCUT2D eigenvalue weighted by Crippen LogP contribution is 2.21.